The van der Waals surface area contributed by atoms with Gasteiger partial charge in [0.05, 0.1) is 12.3 Å². The Morgan fingerprint density at radius 2 is 2.05 bits per heavy atom. The molecule has 0 aliphatic carbocycles. The first-order valence-corrected chi connectivity index (χ1v) is 7.56. The van der Waals surface area contributed by atoms with Gasteiger partial charge in [0.1, 0.15) is 0 Å². The lowest BCUT2D eigenvalue weighted by atomic mass is 9.88. The van der Waals surface area contributed by atoms with Gasteiger partial charge in [-0.15, -0.1) is 0 Å². The monoisotopic (exact) mass is 278 g/mol. The van der Waals surface area contributed by atoms with Gasteiger partial charge in [0.15, 0.2) is 0 Å². The summed E-state index contributed by atoms with van der Waals surface area (Å²) in [5, 5.41) is 0. The highest BCUT2D eigenvalue weighted by Gasteiger charge is 2.26. The summed E-state index contributed by atoms with van der Waals surface area (Å²) in [7, 11) is 4.23. The molecule has 3 heteroatoms. The van der Waals surface area contributed by atoms with E-state index in [1.807, 2.05) is 0 Å². The summed E-state index contributed by atoms with van der Waals surface area (Å²) in [4.78, 5) is 7.24. The van der Waals surface area contributed by atoms with E-state index >= 15 is 0 Å². The van der Waals surface area contributed by atoms with Crippen LogP contribution in [0.15, 0.2) is 12.1 Å². The van der Waals surface area contributed by atoms with Gasteiger partial charge in [-0.2, -0.15) is 0 Å². The second-order valence-corrected chi connectivity index (χ2v) is 7.12. The van der Waals surface area contributed by atoms with Crippen LogP contribution in [0.1, 0.15) is 64.5 Å². The molecule has 114 valence electrons. The molecule has 0 amide bonds. The van der Waals surface area contributed by atoms with Crippen molar-refractivity contribution in [2.45, 2.75) is 51.5 Å². The number of hydrogen-bond donors (Lipinski definition) is 0. The zero-order chi connectivity index (χ0) is 14.9. The van der Waals surface area contributed by atoms with Crippen LogP contribution in [-0.4, -0.2) is 37.2 Å². The molecule has 1 aliphatic heterocycles. The van der Waals surface area contributed by atoms with Crippen molar-refractivity contribution in [3.05, 3.63) is 29.1 Å². The SMILES string of the molecule is C[C@H](c1nc(C(C)(C)C)ccc1[C@H]1CCOC1)N(C)C.[HH]. The lowest BCUT2D eigenvalue weighted by Gasteiger charge is -2.27. The number of pyridine rings is 1. The summed E-state index contributed by atoms with van der Waals surface area (Å²) < 4.78 is 5.56. The number of rotatable bonds is 3. The van der Waals surface area contributed by atoms with Crippen molar-refractivity contribution in [2.24, 2.45) is 0 Å². The van der Waals surface area contributed by atoms with Gasteiger partial charge < -0.3 is 9.64 Å². The van der Waals surface area contributed by atoms with Crippen molar-refractivity contribution in [3.8, 4) is 0 Å². The Morgan fingerprint density at radius 1 is 1.35 bits per heavy atom. The summed E-state index contributed by atoms with van der Waals surface area (Å²) in [5.41, 5.74) is 3.85. The third kappa shape index (κ3) is 3.21. The van der Waals surface area contributed by atoms with Crippen LogP contribution in [0.5, 0.6) is 0 Å². The number of hydrogen-bond acceptors (Lipinski definition) is 3. The Bertz CT molecular complexity index is 462. The van der Waals surface area contributed by atoms with E-state index in [0.717, 1.165) is 19.6 Å². The zero-order valence-electron chi connectivity index (χ0n) is 13.7. The fourth-order valence-electron chi connectivity index (χ4n) is 2.61. The highest BCUT2D eigenvalue weighted by molar-refractivity contribution is 5.31. The quantitative estimate of drug-likeness (QED) is 0.842. The largest absolute Gasteiger partial charge is 0.381 e. The summed E-state index contributed by atoms with van der Waals surface area (Å²) >= 11 is 0. The maximum atomic E-state index is 5.56. The highest BCUT2D eigenvalue weighted by atomic mass is 16.5. The van der Waals surface area contributed by atoms with Crippen LogP contribution in [-0.2, 0) is 10.2 Å². The lowest BCUT2D eigenvalue weighted by Crippen LogP contribution is -2.23. The topological polar surface area (TPSA) is 25.4 Å². The highest BCUT2D eigenvalue weighted by Crippen LogP contribution is 2.33. The van der Waals surface area contributed by atoms with Crippen molar-refractivity contribution in [1.29, 1.82) is 0 Å². The molecule has 3 nitrogen and oxygen atoms in total. The molecule has 2 heterocycles. The minimum absolute atomic E-state index is 0. The molecule has 1 aromatic rings. The molecule has 2 rings (SSSR count). The van der Waals surface area contributed by atoms with Gasteiger partial charge in [-0.3, -0.25) is 4.98 Å². The molecule has 1 aliphatic rings. The van der Waals surface area contributed by atoms with Crippen LogP contribution in [0.2, 0.25) is 0 Å². The van der Waals surface area contributed by atoms with Crippen molar-refractivity contribution in [3.63, 3.8) is 0 Å². The molecule has 0 bridgehead atoms. The normalized spacial score (nSPS) is 21.4. The van der Waals surface area contributed by atoms with E-state index in [1.54, 1.807) is 0 Å². The molecule has 1 aromatic heterocycles. The Morgan fingerprint density at radius 3 is 2.55 bits per heavy atom. The molecule has 1 fully saturated rings. The fourth-order valence-corrected chi connectivity index (χ4v) is 2.61. The van der Waals surface area contributed by atoms with E-state index in [9.17, 15) is 0 Å². The third-order valence-corrected chi connectivity index (χ3v) is 4.27. The maximum absolute atomic E-state index is 5.56. The van der Waals surface area contributed by atoms with Crippen molar-refractivity contribution in [1.82, 2.24) is 9.88 Å². The minimum Gasteiger partial charge on any atom is -0.381 e. The van der Waals surface area contributed by atoms with Crippen LogP contribution < -0.4 is 0 Å². The zero-order valence-corrected chi connectivity index (χ0v) is 13.7. The van der Waals surface area contributed by atoms with E-state index in [0.29, 0.717) is 12.0 Å². The second-order valence-electron chi connectivity index (χ2n) is 7.12. The Hall–Kier alpha value is -0.930. The van der Waals surface area contributed by atoms with Gasteiger partial charge in [-0.1, -0.05) is 26.8 Å². The van der Waals surface area contributed by atoms with E-state index in [2.05, 4.69) is 58.8 Å². The van der Waals surface area contributed by atoms with Gasteiger partial charge in [-0.25, -0.2) is 0 Å². The molecule has 2 atom stereocenters. The van der Waals surface area contributed by atoms with Crippen LogP contribution in [0.4, 0.5) is 0 Å². The second kappa shape index (κ2) is 5.82. The minimum atomic E-state index is 0. The molecule has 0 N–H and O–H groups in total. The Kier molecular flexibility index (Phi) is 4.50. The van der Waals surface area contributed by atoms with Crippen LogP contribution in [0, 0.1) is 0 Å². The van der Waals surface area contributed by atoms with Gasteiger partial charge in [0.2, 0.25) is 0 Å². The molecule has 0 unspecified atom stereocenters. The lowest BCUT2D eigenvalue weighted by molar-refractivity contribution is 0.193. The van der Waals surface area contributed by atoms with Crippen molar-refractivity contribution >= 4 is 0 Å². The first-order valence-electron chi connectivity index (χ1n) is 7.56. The molecule has 0 spiro atoms. The van der Waals surface area contributed by atoms with Crippen LogP contribution in [0.3, 0.4) is 0 Å². The summed E-state index contributed by atoms with van der Waals surface area (Å²) in [6, 6.07) is 4.80. The molecule has 20 heavy (non-hydrogen) atoms. The van der Waals surface area contributed by atoms with Crippen LogP contribution >= 0.6 is 0 Å². The Labute approximate surface area is 124 Å². The number of nitrogens with zero attached hydrogens (tertiary/aromatic N) is 2. The average Bonchev–Trinajstić information content (AvgIpc) is 2.89. The van der Waals surface area contributed by atoms with Gasteiger partial charge in [0, 0.05) is 31.1 Å². The standard InChI is InChI=1S/C17H28N2O.H2/c1-12(19(5)6)16-14(13-9-10-20-11-13)7-8-15(18-16)17(2,3)4;/h7-8,12-13H,9-11H2,1-6H3;1H/t12-,13+;/m1./s1. The molecule has 1 saturated heterocycles. The summed E-state index contributed by atoms with van der Waals surface area (Å²) in [5.74, 6) is 0.508. The van der Waals surface area contributed by atoms with E-state index in [-0.39, 0.29) is 6.84 Å². The number of aromatic nitrogens is 1. The molecule has 0 radical (unpaired) electrons. The fraction of sp³-hybridized carbons (Fsp3) is 0.706. The Balaban J connectivity index is 0.00000220. The van der Waals surface area contributed by atoms with Gasteiger partial charge in [-0.05, 0) is 39.1 Å². The first-order chi connectivity index (χ1) is 9.30. The predicted octanol–water partition coefficient (Wildman–Crippen LogP) is 3.75. The average molecular weight is 278 g/mol. The summed E-state index contributed by atoms with van der Waals surface area (Å²) in [6.07, 6.45) is 1.11. The van der Waals surface area contributed by atoms with E-state index < -0.39 is 0 Å². The molecular weight excluding hydrogens is 248 g/mol. The van der Waals surface area contributed by atoms with E-state index in [4.69, 9.17) is 9.72 Å². The number of ether oxygens (including phenoxy) is 1. The predicted molar refractivity (Wildman–Crippen MR) is 85.3 cm³/mol. The smallest absolute Gasteiger partial charge is 0.0611 e. The van der Waals surface area contributed by atoms with E-state index in [1.165, 1.54) is 17.0 Å². The van der Waals surface area contributed by atoms with Crippen molar-refractivity contribution < 1.29 is 6.16 Å². The first kappa shape index (κ1) is 15.5. The third-order valence-electron chi connectivity index (χ3n) is 4.27. The summed E-state index contributed by atoms with van der Waals surface area (Å²) in [6.45, 7) is 10.6. The maximum Gasteiger partial charge on any atom is 0.0611 e. The van der Waals surface area contributed by atoms with Gasteiger partial charge in [0.25, 0.3) is 0 Å². The molecule has 0 aromatic carbocycles. The van der Waals surface area contributed by atoms with Gasteiger partial charge >= 0.3 is 0 Å². The van der Waals surface area contributed by atoms with Crippen molar-refractivity contribution in [2.75, 3.05) is 27.3 Å². The molecular formula is C17H30N2O. The molecule has 0 saturated carbocycles. The van der Waals surface area contributed by atoms with Crippen LogP contribution in [0.25, 0.3) is 0 Å².